The van der Waals surface area contributed by atoms with Crippen LogP contribution in [0.1, 0.15) is 12.6 Å². The molecule has 0 saturated carbocycles. The van der Waals surface area contributed by atoms with Crippen LogP contribution in [0.15, 0.2) is 41.4 Å². The molecular weight excluding hydrogens is 248 g/mol. The minimum atomic E-state index is -3.15. The van der Waals surface area contributed by atoms with E-state index in [1.807, 2.05) is 13.0 Å². The van der Waals surface area contributed by atoms with Gasteiger partial charge in [0.25, 0.3) is 0 Å². The van der Waals surface area contributed by atoms with Crippen LogP contribution in [-0.4, -0.2) is 24.1 Å². The zero-order chi connectivity index (χ0) is 13.2. The average molecular weight is 262 g/mol. The van der Waals surface area contributed by atoms with E-state index in [0.29, 0.717) is 10.7 Å². The van der Waals surface area contributed by atoms with Crippen LogP contribution >= 0.6 is 0 Å². The molecule has 0 radical (unpaired) electrons. The summed E-state index contributed by atoms with van der Waals surface area (Å²) in [6.45, 7) is 3.52. The Morgan fingerprint density at radius 3 is 2.33 bits per heavy atom. The van der Waals surface area contributed by atoms with Crippen LogP contribution in [-0.2, 0) is 9.84 Å². The summed E-state index contributed by atoms with van der Waals surface area (Å²) in [5.74, 6) is 0.711. The lowest BCUT2D eigenvalue weighted by molar-refractivity contribution is 0.597. The largest absolute Gasteiger partial charge is 0.237 e. The molecule has 0 unspecified atom stereocenters. The third-order valence-corrected chi connectivity index (χ3v) is 4.40. The summed E-state index contributed by atoms with van der Waals surface area (Å²) in [5, 5.41) is 0. The van der Waals surface area contributed by atoms with Gasteiger partial charge in [-0.05, 0) is 37.3 Å². The summed E-state index contributed by atoms with van der Waals surface area (Å²) in [6, 6.07) is 8.48. The Balaban J connectivity index is 2.40. The van der Waals surface area contributed by atoms with Crippen molar-refractivity contribution >= 4 is 9.84 Å². The first-order chi connectivity index (χ1) is 8.53. The lowest BCUT2D eigenvalue weighted by Gasteiger charge is -2.04. The summed E-state index contributed by atoms with van der Waals surface area (Å²) < 4.78 is 23.3. The SMILES string of the molecule is CCS(=O)(=O)c1ccc(-c2nccc(C)n2)cc1. The number of aromatic nitrogens is 2. The van der Waals surface area contributed by atoms with Gasteiger partial charge < -0.3 is 0 Å². The number of nitrogens with zero attached hydrogens (tertiary/aromatic N) is 2. The molecule has 0 saturated heterocycles. The summed E-state index contributed by atoms with van der Waals surface area (Å²) in [6.07, 6.45) is 1.69. The standard InChI is InChI=1S/C13H14N2O2S/c1-3-18(16,17)12-6-4-11(5-7-12)13-14-9-8-10(2)15-13/h4-9H,3H2,1-2H3. The van der Waals surface area contributed by atoms with E-state index >= 15 is 0 Å². The minimum Gasteiger partial charge on any atom is -0.237 e. The van der Waals surface area contributed by atoms with Crippen molar-refractivity contribution in [3.05, 3.63) is 42.2 Å². The zero-order valence-electron chi connectivity index (χ0n) is 10.3. The summed E-state index contributed by atoms with van der Waals surface area (Å²) >= 11 is 0. The third kappa shape index (κ3) is 2.56. The average Bonchev–Trinajstić information content (AvgIpc) is 2.39. The highest BCUT2D eigenvalue weighted by molar-refractivity contribution is 7.91. The van der Waals surface area contributed by atoms with Gasteiger partial charge in [0, 0.05) is 17.5 Å². The van der Waals surface area contributed by atoms with E-state index in [2.05, 4.69) is 9.97 Å². The Bertz CT molecular complexity index is 649. The Morgan fingerprint density at radius 2 is 1.78 bits per heavy atom. The first-order valence-electron chi connectivity index (χ1n) is 5.66. The Labute approximate surface area is 107 Å². The molecule has 0 N–H and O–H groups in total. The number of benzene rings is 1. The fraction of sp³-hybridized carbons (Fsp3) is 0.231. The Morgan fingerprint density at radius 1 is 1.11 bits per heavy atom. The van der Waals surface area contributed by atoms with Crippen molar-refractivity contribution < 1.29 is 8.42 Å². The second-order valence-corrected chi connectivity index (χ2v) is 6.23. The van der Waals surface area contributed by atoms with E-state index in [1.54, 1.807) is 37.4 Å². The molecule has 94 valence electrons. The molecule has 2 rings (SSSR count). The molecule has 4 nitrogen and oxygen atoms in total. The maximum absolute atomic E-state index is 11.7. The summed E-state index contributed by atoms with van der Waals surface area (Å²) in [7, 11) is -3.15. The predicted molar refractivity (Wildman–Crippen MR) is 69.9 cm³/mol. The van der Waals surface area contributed by atoms with Gasteiger partial charge in [-0.2, -0.15) is 0 Å². The molecule has 0 aliphatic rings. The zero-order valence-corrected chi connectivity index (χ0v) is 11.1. The van der Waals surface area contributed by atoms with Gasteiger partial charge in [-0.3, -0.25) is 0 Å². The number of rotatable bonds is 3. The van der Waals surface area contributed by atoms with Crippen molar-refractivity contribution in [2.24, 2.45) is 0 Å². The molecule has 0 aliphatic carbocycles. The van der Waals surface area contributed by atoms with Crippen LogP contribution in [0.2, 0.25) is 0 Å². The molecule has 1 heterocycles. The number of hydrogen-bond donors (Lipinski definition) is 0. The predicted octanol–water partition coefficient (Wildman–Crippen LogP) is 2.25. The molecule has 0 atom stereocenters. The molecule has 1 aromatic carbocycles. The molecule has 5 heteroatoms. The van der Waals surface area contributed by atoms with Crippen LogP contribution in [0.4, 0.5) is 0 Å². The number of hydrogen-bond acceptors (Lipinski definition) is 4. The molecular formula is C13H14N2O2S. The topological polar surface area (TPSA) is 59.9 Å². The second kappa shape index (κ2) is 4.86. The van der Waals surface area contributed by atoms with E-state index in [4.69, 9.17) is 0 Å². The molecule has 18 heavy (non-hydrogen) atoms. The summed E-state index contributed by atoms with van der Waals surface area (Å²) in [5.41, 5.74) is 1.69. The van der Waals surface area contributed by atoms with Gasteiger partial charge >= 0.3 is 0 Å². The van der Waals surface area contributed by atoms with Crippen LogP contribution < -0.4 is 0 Å². The molecule has 1 aromatic heterocycles. The van der Waals surface area contributed by atoms with Crippen molar-refractivity contribution in [2.45, 2.75) is 18.7 Å². The van der Waals surface area contributed by atoms with E-state index in [-0.39, 0.29) is 5.75 Å². The first-order valence-corrected chi connectivity index (χ1v) is 7.31. The van der Waals surface area contributed by atoms with Gasteiger partial charge in [-0.15, -0.1) is 0 Å². The fourth-order valence-corrected chi connectivity index (χ4v) is 2.45. The van der Waals surface area contributed by atoms with Crippen molar-refractivity contribution in [1.29, 1.82) is 0 Å². The smallest absolute Gasteiger partial charge is 0.178 e. The van der Waals surface area contributed by atoms with E-state index in [0.717, 1.165) is 11.3 Å². The van der Waals surface area contributed by atoms with Crippen molar-refractivity contribution in [3.63, 3.8) is 0 Å². The Kier molecular flexibility index (Phi) is 3.43. The van der Waals surface area contributed by atoms with Gasteiger partial charge in [0.15, 0.2) is 15.7 Å². The van der Waals surface area contributed by atoms with Crippen LogP contribution in [0.5, 0.6) is 0 Å². The maximum atomic E-state index is 11.7. The molecule has 2 aromatic rings. The van der Waals surface area contributed by atoms with Gasteiger partial charge in [0.05, 0.1) is 10.6 Å². The highest BCUT2D eigenvalue weighted by Gasteiger charge is 2.11. The van der Waals surface area contributed by atoms with Crippen molar-refractivity contribution in [1.82, 2.24) is 9.97 Å². The first kappa shape index (κ1) is 12.7. The van der Waals surface area contributed by atoms with Crippen LogP contribution in [0.3, 0.4) is 0 Å². The molecule has 0 bridgehead atoms. The second-order valence-electron chi connectivity index (χ2n) is 3.95. The molecule has 0 fully saturated rings. The lowest BCUT2D eigenvalue weighted by atomic mass is 10.2. The van der Waals surface area contributed by atoms with Gasteiger partial charge in [-0.1, -0.05) is 6.92 Å². The molecule has 0 spiro atoms. The normalized spacial score (nSPS) is 11.4. The highest BCUT2D eigenvalue weighted by atomic mass is 32.2. The van der Waals surface area contributed by atoms with Crippen molar-refractivity contribution in [3.8, 4) is 11.4 Å². The highest BCUT2D eigenvalue weighted by Crippen LogP contribution is 2.18. The number of sulfone groups is 1. The quantitative estimate of drug-likeness (QED) is 0.851. The van der Waals surface area contributed by atoms with Crippen LogP contribution in [0.25, 0.3) is 11.4 Å². The number of aryl methyl sites for hydroxylation is 1. The van der Waals surface area contributed by atoms with Crippen molar-refractivity contribution in [2.75, 3.05) is 5.75 Å². The Hall–Kier alpha value is -1.75. The van der Waals surface area contributed by atoms with Gasteiger partial charge in [0.2, 0.25) is 0 Å². The lowest BCUT2D eigenvalue weighted by Crippen LogP contribution is -2.03. The summed E-state index contributed by atoms with van der Waals surface area (Å²) in [4.78, 5) is 8.79. The van der Waals surface area contributed by atoms with Gasteiger partial charge in [-0.25, -0.2) is 18.4 Å². The molecule has 0 amide bonds. The van der Waals surface area contributed by atoms with E-state index in [9.17, 15) is 8.42 Å². The molecule has 0 aliphatic heterocycles. The monoisotopic (exact) mass is 262 g/mol. The van der Waals surface area contributed by atoms with Crippen LogP contribution in [0, 0.1) is 6.92 Å². The minimum absolute atomic E-state index is 0.104. The maximum Gasteiger partial charge on any atom is 0.178 e. The van der Waals surface area contributed by atoms with E-state index < -0.39 is 9.84 Å². The van der Waals surface area contributed by atoms with E-state index in [1.165, 1.54) is 0 Å². The third-order valence-electron chi connectivity index (χ3n) is 2.65. The van der Waals surface area contributed by atoms with Gasteiger partial charge in [0.1, 0.15) is 0 Å². The fourth-order valence-electron chi connectivity index (χ4n) is 1.57.